The van der Waals surface area contributed by atoms with E-state index in [-0.39, 0.29) is 60.9 Å². The zero-order chi connectivity index (χ0) is 26.7. The largest absolute Gasteiger partial charge is 0.469 e. The van der Waals surface area contributed by atoms with E-state index in [4.69, 9.17) is 4.74 Å². The minimum absolute atomic E-state index is 0.0148. The van der Waals surface area contributed by atoms with E-state index in [1.54, 1.807) is 4.90 Å². The van der Waals surface area contributed by atoms with Crippen molar-refractivity contribution in [2.75, 3.05) is 13.7 Å². The number of carbonyl (C=O) groups excluding carboxylic acids is 6. The van der Waals surface area contributed by atoms with Crippen molar-refractivity contribution < 1.29 is 33.5 Å². The Bertz CT molecular complexity index is 778. The first kappa shape index (κ1) is 30.5. The molecule has 9 nitrogen and oxygen atoms in total. The van der Waals surface area contributed by atoms with Crippen molar-refractivity contribution in [3.05, 3.63) is 0 Å². The summed E-state index contributed by atoms with van der Waals surface area (Å²) in [6.07, 6.45) is 2.63. The van der Waals surface area contributed by atoms with Crippen molar-refractivity contribution in [3.63, 3.8) is 0 Å². The molecule has 0 radical (unpaired) electrons. The summed E-state index contributed by atoms with van der Waals surface area (Å²) < 4.78 is 4.88. The third-order valence-electron chi connectivity index (χ3n) is 6.53. The van der Waals surface area contributed by atoms with Crippen molar-refractivity contribution in [3.8, 4) is 0 Å². The number of nitrogens with one attached hydrogen (secondary N) is 1. The van der Waals surface area contributed by atoms with Crippen LogP contribution in [0.3, 0.4) is 0 Å². The fourth-order valence-corrected chi connectivity index (χ4v) is 4.72. The second-order valence-corrected chi connectivity index (χ2v) is 10.2. The molecule has 0 spiro atoms. The SMILES string of the molecule is COC(=O)[C@@H](CC(=O)[C@@H]1CCCN1C(=O)[C@@H](CC(=O)[C@H](CCC=O)NC(C)=O)C(C)C)CC(C)C. The molecule has 1 fully saturated rings. The topological polar surface area (TPSA) is 127 Å². The van der Waals surface area contributed by atoms with Crippen LogP contribution in [0.15, 0.2) is 0 Å². The Balaban J connectivity index is 3.01. The van der Waals surface area contributed by atoms with Crippen LogP contribution in [0, 0.1) is 23.7 Å². The molecule has 0 bridgehead atoms. The standard InChI is InChI=1S/C26H42N2O7/c1-16(2)13-19(26(34)35-6)14-24(32)22-10-7-11-28(22)25(33)20(17(3)4)15-23(31)21(9-8-12-29)27-18(5)30/h12,16-17,19-22H,7-11,13-15H2,1-6H3,(H,27,30)/t19-,20+,21+,22+/m1/s1. The zero-order valence-corrected chi connectivity index (χ0v) is 22.0. The lowest BCUT2D eigenvalue weighted by molar-refractivity contribution is -0.149. The number of hydrogen-bond acceptors (Lipinski definition) is 7. The van der Waals surface area contributed by atoms with E-state index in [2.05, 4.69) is 5.32 Å². The van der Waals surface area contributed by atoms with Gasteiger partial charge in [0, 0.05) is 38.6 Å². The molecular formula is C26H42N2O7. The predicted molar refractivity (Wildman–Crippen MR) is 130 cm³/mol. The van der Waals surface area contributed by atoms with Gasteiger partial charge in [0.1, 0.15) is 6.29 Å². The molecule has 9 heteroatoms. The Labute approximate surface area is 208 Å². The highest BCUT2D eigenvalue weighted by Crippen LogP contribution is 2.28. The van der Waals surface area contributed by atoms with Crippen LogP contribution in [0.25, 0.3) is 0 Å². The molecule has 1 rings (SSSR count). The molecule has 198 valence electrons. The quantitative estimate of drug-likeness (QED) is 0.274. The summed E-state index contributed by atoms with van der Waals surface area (Å²) in [6.45, 7) is 9.35. The predicted octanol–water partition coefficient (Wildman–Crippen LogP) is 2.49. The highest BCUT2D eigenvalue weighted by Gasteiger charge is 2.40. The Morgan fingerprint density at radius 3 is 2.26 bits per heavy atom. The number of esters is 1. The fourth-order valence-electron chi connectivity index (χ4n) is 4.72. The number of carbonyl (C=O) groups is 6. The van der Waals surface area contributed by atoms with Gasteiger partial charge in [-0.2, -0.15) is 0 Å². The number of nitrogens with zero attached hydrogens (tertiary/aromatic N) is 1. The maximum absolute atomic E-state index is 13.5. The van der Waals surface area contributed by atoms with Crippen molar-refractivity contribution in [1.82, 2.24) is 10.2 Å². The second kappa shape index (κ2) is 14.7. The molecule has 0 saturated carbocycles. The average Bonchev–Trinajstić information content (AvgIpc) is 3.28. The molecule has 1 aliphatic rings. The lowest BCUT2D eigenvalue weighted by atomic mass is 9.86. The summed E-state index contributed by atoms with van der Waals surface area (Å²) in [4.78, 5) is 75.8. The summed E-state index contributed by atoms with van der Waals surface area (Å²) in [5.74, 6) is -2.71. The van der Waals surface area contributed by atoms with Gasteiger partial charge in [-0.3, -0.25) is 24.0 Å². The Morgan fingerprint density at radius 2 is 1.74 bits per heavy atom. The minimum atomic E-state index is -0.834. The molecule has 0 unspecified atom stereocenters. The molecule has 0 aromatic carbocycles. The average molecular weight is 495 g/mol. The minimum Gasteiger partial charge on any atom is -0.469 e. The van der Waals surface area contributed by atoms with E-state index < -0.39 is 29.9 Å². The number of hydrogen-bond donors (Lipinski definition) is 1. The van der Waals surface area contributed by atoms with Gasteiger partial charge in [0.05, 0.1) is 25.1 Å². The number of methoxy groups -OCH3 is 1. The number of amides is 2. The first-order chi connectivity index (χ1) is 16.4. The normalized spacial score (nSPS) is 18.2. The highest BCUT2D eigenvalue weighted by atomic mass is 16.5. The summed E-state index contributed by atoms with van der Waals surface area (Å²) in [5, 5.41) is 2.58. The Morgan fingerprint density at radius 1 is 1.09 bits per heavy atom. The van der Waals surface area contributed by atoms with Crippen molar-refractivity contribution in [2.24, 2.45) is 23.7 Å². The van der Waals surface area contributed by atoms with Gasteiger partial charge in [0.25, 0.3) is 0 Å². The number of ketones is 2. The maximum Gasteiger partial charge on any atom is 0.309 e. The first-order valence-corrected chi connectivity index (χ1v) is 12.6. The summed E-state index contributed by atoms with van der Waals surface area (Å²) in [5.41, 5.74) is 0. The molecular weight excluding hydrogens is 452 g/mol. The fraction of sp³-hybridized carbons (Fsp3) is 0.769. The van der Waals surface area contributed by atoms with E-state index in [9.17, 15) is 28.8 Å². The number of ether oxygens (including phenoxy) is 1. The second-order valence-electron chi connectivity index (χ2n) is 10.2. The summed E-state index contributed by atoms with van der Waals surface area (Å²) in [6, 6.07) is -1.46. The van der Waals surface area contributed by atoms with Crippen LogP contribution in [-0.4, -0.2) is 66.3 Å². The summed E-state index contributed by atoms with van der Waals surface area (Å²) in [7, 11) is 1.30. The number of likely N-dealkylation sites (tertiary alicyclic amines) is 1. The van der Waals surface area contributed by atoms with Crippen LogP contribution < -0.4 is 5.32 Å². The van der Waals surface area contributed by atoms with E-state index in [1.165, 1.54) is 14.0 Å². The van der Waals surface area contributed by atoms with Crippen LogP contribution in [-0.2, 0) is 33.5 Å². The van der Waals surface area contributed by atoms with Gasteiger partial charge in [-0.25, -0.2) is 0 Å². The monoisotopic (exact) mass is 494 g/mol. The highest BCUT2D eigenvalue weighted by molar-refractivity contribution is 5.95. The van der Waals surface area contributed by atoms with E-state index in [0.717, 1.165) is 0 Å². The Kier molecular flexibility index (Phi) is 12.8. The molecule has 1 aliphatic heterocycles. The van der Waals surface area contributed by atoms with Crippen molar-refractivity contribution in [1.29, 1.82) is 0 Å². The van der Waals surface area contributed by atoms with E-state index >= 15 is 0 Å². The molecule has 0 aromatic heterocycles. The van der Waals surface area contributed by atoms with Gasteiger partial charge < -0.3 is 19.7 Å². The van der Waals surface area contributed by atoms with Gasteiger partial charge in [0.15, 0.2) is 11.6 Å². The molecule has 35 heavy (non-hydrogen) atoms. The van der Waals surface area contributed by atoms with Gasteiger partial charge in [-0.05, 0) is 37.5 Å². The van der Waals surface area contributed by atoms with E-state index in [0.29, 0.717) is 32.1 Å². The van der Waals surface area contributed by atoms with E-state index in [1.807, 2.05) is 27.7 Å². The zero-order valence-electron chi connectivity index (χ0n) is 22.0. The number of aldehydes is 1. The third-order valence-corrected chi connectivity index (χ3v) is 6.53. The van der Waals surface area contributed by atoms with Gasteiger partial charge in [0.2, 0.25) is 11.8 Å². The Hall–Kier alpha value is -2.58. The van der Waals surface area contributed by atoms with Gasteiger partial charge in [-0.15, -0.1) is 0 Å². The van der Waals surface area contributed by atoms with Crippen molar-refractivity contribution in [2.45, 2.75) is 91.6 Å². The van der Waals surface area contributed by atoms with Crippen molar-refractivity contribution >= 4 is 35.6 Å². The van der Waals surface area contributed by atoms with Gasteiger partial charge in [-0.1, -0.05) is 27.7 Å². The van der Waals surface area contributed by atoms with Crippen LogP contribution in [0.1, 0.15) is 79.6 Å². The van der Waals surface area contributed by atoms with Crippen LogP contribution in [0.5, 0.6) is 0 Å². The maximum atomic E-state index is 13.5. The number of rotatable bonds is 15. The lowest BCUT2D eigenvalue weighted by Crippen LogP contribution is -2.47. The van der Waals surface area contributed by atoms with Crippen LogP contribution in [0.2, 0.25) is 0 Å². The van der Waals surface area contributed by atoms with Crippen LogP contribution in [0.4, 0.5) is 0 Å². The van der Waals surface area contributed by atoms with Gasteiger partial charge >= 0.3 is 5.97 Å². The molecule has 0 aliphatic carbocycles. The molecule has 0 aromatic rings. The molecule has 1 N–H and O–H groups in total. The molecule has 4 atom stereocenters. The van der Waals surface area contributed by atoms with Crippen LogP contribution >= 0.6 is 0 Å². The molecule has 1 saturated heterocycles. The third kappa shape index (κ3) is 9.53. The molecule has 1 heterocycles. The summed E-state index contributed by atoms with van der Waals surface area (Å²) >= 11 is 0. The molecule has 2 amide bonds. The lowest BCUT2D eigenvalue weighted by Gasteiger charge is -2.31. The first-order valence-electron chi connectivity index (χ1n) is 12.6. The number of Topliss-reactive ketones (excluding diaryl/α,β-unsaturated/α-hetero) is 2. The smallest absolute Gasteiger partial charge is 0.309 e.